The first-order valence-corrected chi connectivity index (χ1v) is 4.74. The van der Waals surface area contributed by atoms with Crippen LogP contribution in [-0.4, -0.2) is 13.1 Å². The minimum absolute atomic E-state index is 0. The fourth-order valence-electron chi connectivity index (χ4n) is 1.38. The quantitative estimate of drug-likeness (QED) is 0.853. The van der Waals surface area contributed by atoms with Crippen LogP contribution in [0.3, 0.4) is 0 Å². The number of methoxy groups -OCH3 is 1. The largest absolute Gasteiger partial charge is 0.469 e. The van der Waals surface area contributed by atoms with Gasteiger partial charge in [0.05, 0.1) is 13.5 Å². The lowest BCUT2D eigenvalue weighted by atomic mass is 10.0. The summed E-state index contributed by atoms with van der Waals surface area (Å²) >= 11 is 0. The number of aryl methyl sites for hydroxylation is 1. The number of nitrogens with two attached hydrogens (primary N) is 1. The van der Waals surface area contributed by atoms with Crippen molar-refractivity contribution < 1.29 is 18.3 Å². The van der Waals surface area contributed by atoms with Crippen LogP contribution < -0.4 is 5.73 Å². The lowest BCUT2D eigenvalue weighted by molar-refractivity contribution is -0.141. The lowest BCUT2D eigenvalue weighted by Crippen LogP contribution is -2.19. The van der Waals surface area contributed by atoms with Crippen LogP contribution in [0.2, 0.25) is 0 Å². The van der Waals surface area contributed by atoms with Gasteiger partial charge in [-0.3, -0.25) is 4.79 Å². The minimum Gasteiger partial charge on any atom is -0.469 e. The van der Waals surface area contributed by atoms with Crippen molar-refractivity contribution in [2.45, 2.75) is 19.4 Å². The van der Waals surface area contributed by atoms with E-state index in [4.69, 9.17) is 5.73 Å². The second-order valence-corrected chi connectivity index (χ2v) is 3.48. The number of benzene rings is 1. The van der Waals surface area contributed by atoms with Crippen molar-refractivity contribution in [3.63, 3.8) is 0 Å². The topological polar surface area (TPSA) is 52.3 Å². The molecule has 1 atom stereocenters. The summed E-state index contributed by atoms with van der Waals surface area (Å²) in [7, 11) is 1.19. The Bertz CT molecular complexity index is 413. The number of carbonyl (C=O) groups excluding carboxylic acids is 1. The van der Waals surface area contributed by atoms with Crippen LogP contribution >= 0.6 is 12.4 Å². The van der Waals surface area contributed by atoms with Crippen LogP contribution in [0.15, 0.2) is 12.1 Å². The standard InChI is InChI=1S/C11H13F2NO2.ClH/c1-6-3-4-7(12)10(11(6)13)8(14)5-9(15)16-2;/h3-4,8H,5,14H2,1-2H3;1H/t8-;/m0./s1. The molecule has 0 bridgehead atoms. The minimum atomic E-state index is -1.03. The number of hydrogen-bond donors (Lipinski definition) is 1. The highest BCUT2D eigenvalue weighted by atomic mass is 35.5. The summed E-state index contributed by atoms with van der Waals surface area (Å²) in [6, 6.07) is 1.41. The average Bonchev–Trinajstić information content (AvgIpc) is 2.24. The summed E-state index contributed by atoms with van der Waals surface area (Å²) in [5, 5.41) is 0. The van der Waals surface area contributed by atoms with E-state index < -0.39 is 23.6 Å². The summed E-state index contributed by atoms with van der Waals surface area (Å²) in [5.41, 5.74) is 5.58. The summed E-state index contributed by atoms with van der Waals surface area (Å²) < 4.78 is 31.3. The summed E-state index contributed by atoms with van der Waals surface area (Å²) in [4.78, 5) is 11.0. The molecule has 1 rings (SSSR count). The molecule has 0 unspecified atom stereocenters. The van der Waals surface area contributed by atoms with Gasteiger partial charge in [0.25, 0.3) is 0 Å². The van der Waals surface area contributed by atoms with E-state index in [1.807, 2.05) is 0 Å². The average molecular weight is 266 g/mol. The van der Waals surface area contributed by atoms with E-state index in [-0.39, 0.29) is 30.0 Å². The third-order valence-electron chi connectivity index (χ3n) is 2.30. The Morgan fingerprint density at radius 2 is 2.06 bits per heavy atom. The molecule has 0 aliphatic heterocycles. The number of esters is 1. The highest BCUT2D eigenvalue weighted by Crippen LogP contribution is 2.23. The van der Waals surface area contributed by atoms with Crippen molar-refractivity contribution in [2.75, 3.05) is 7.11 Å². The fourth-order valence-corrected chi connectivity index (χ4v) is 1.38. The zero-order chi connectivity index (χ0) is 12.3. The van der Waals surface area contributed by atoms with E-state index in [1.165, 1.54) is 20.1 Å². The fraction of sp³-hybridized carbons (Fsp3) is 0.364. The molecule has 96 valence electrons. The molecule has 0 aliphatic rings. The van der Waals surface area contributed by atoms with Crippen LogP contribution in [-0.2, 0) is 9.53 Å². The molecule has 6 heteroatoms. The van der Waals surface area contributed by atoms with E-state index in [0.717, 1.165) is 6.07 Å². The van der Waals surface area contributed by atoms with Gasteiger partial charge in [0.15, 0.2) is 0 Å². The summed E-state index contributed by atoms with van der Waals surface area (Å²) in [6.07, 6.45) is -0.256. The van der Waals surface area contributed by atoms with Gasteiger partial charge in [-0.25, -0.2) is 8.78 Å². The molecule has 0 saturated carbocycles. The molecule has 0 aliphatic carbocycles. The molecular weight excluding hydrogens is 252 g/mol. The number of ether oxygens (including phenoxy) is 1. The molecule has 0 aromatic heterocycles. The molecule has 0 radical (unpaired) electrons. The van der Waals surface area contributed by atoms with Crippen molar-refractivity contribution >= 4 is 18.4 Å². The Kier molecular flexibility index (Phi) is 6.05. The van der Waals surface area contributed by atoms with Gasteiger partial charge in [0, 0.05) is 11.6 Å². The Hall–Kier alpha value is -1.20. The Morgan fingerprint density at radius 1 is 1.47 bits per heavy atom. The zero-order valence-electron chi connectivity index (χ0n) is 9.50. The Balaban J connectivity index is 0.00000256. The molecule has 1 aromatic rings. The second kappa shape index (κ2) is 6.51. The van der Waals surface area contributed by atoms with Crippen LogP contribution in [0.25, 0.3) is 0 Å². The van der Waals surface area contributed by atoms with E-state index in [1.54, 1.807) is 0 Å². The first-order valence-electron chi connectivity index (χ1n) is 4.74. The van der Waals surface area contributed by atoms with E-state index >= 15 is 0 Å². The van der Waals surface area contributed by atoms with Crippen LogP contribution in [0.5, 0.6) is 0 Å². The van der Waals surface area contributed by atoms with Gasteiger partial charge in [-0.15, -0.1) is 12.4 Å². The molecule has 0 fully saturated rings. The van der Waals surface area contributed by atoms with Crippen molar-refractivity contribution in [1.29, 1.82) is 0 Å². The van der Waals surface area contributed by atoms with Crippen LogP contribution in [0.1, 0.15) is 23.6 Å². The molecular formula is C11H14ClF2NO2. The van der Waals surface area contributed by atoms with Gasteiger partial charge in [0.1, 0.15) is 11.6 Å². The molecule has 0 heterocycles. The predicted octanol–water partition coefficient (Wildman–Crippen LogP) is 2.26. The maximum atomic E-state index is 13.6. The van der Waals surface area contributed by atoms with Gasteiger partial charge in [-0.1, -0.05) is 6.07 Å². The summed E-state index contributed by atoms with van der Waals surface area (Å²) in [5.74, 6) is -2.07. The molecule has 0 saturated heterocycles. The smallest absolute Gasteiger partial charge is 0.307 e. The van der Waals surface area contributed by atoms with Crippen molar-refractivity contribution in [2.24, 2.45) is 5.73 Å². The number of halogens is 3. The van der Waals surface area contributed by atoms with Crippen molar-refractivity contribution in [1.82, 2.24) is 0 Å². The lowest BCUT2D eigenvalue weighted by Gasteiger charge is -2.13. The number of carbonyl (C=O) groups is 1. The van der Waals surface area contributed by atoms with Crippen molar-refractivity contribution in [3.8, 4) is 0 Å². The zero-order valence-corrected chi connectivity index (χ0v) is 10.3. The summed E-state index contributed by atoms with van der Waals surface area (Å²) in [6.45, 7) is 1.50. The predicted molar refractivity (Wildman–Crippen MR) is 61.9 cm³/mol. The SMILES string of the molecule is COC(=O)C[C@H](N)c1c(F)ccc(C)c1F.Cl. The highest BCUT2D eigenvalue weighted by Gasteiger charge is 2.21. The monoisotopic (exact) mass is 265 g/mol. The Labute approximate surface area is 104 Å². The highest BCUT2D eigenvalue weighted by molar-refractivity contribution is 5.85. The van der Waals surface area contributed by atoms with Gasteiger partial charge >= 0.3 is 5.97 Å². The molecule has 17 heavy (non-hydrogen) atoms. The van der Waals surface area contributed by atoms with Crippen LogP contribution in [0.4, 0.5) is 8.78 Å². The van der Waals surface area contributed by atoms with Crippen LogP contribution in [0, 0.1) is 18.6 Å². The molecule has 1 aromatic carbocycles. The van der Waals surface area contributed by atoms with E-state index in [2.05, 4.69) is 4.74 Å². The molecule has 2 N–H and O–H groups in total. The Morgan fingerprint density at radius 3 is 2.59 bits per heavy atom. The van der Waals surface area contributed by atoms with E-state index in [9.17, 15) is 13.6 Å². The second-order valence-electron chi connectivity index (χ2n) is 3.48. The van der Waals surface area contributed by atoms with E-state index in [0.29, 0.717) is 0 Å². The molecule has 0 spiro atoms. The first kappa shape index (κ1) is 15.8. The number of hydrogen-bond acceptors (Lipinski definition) is 3. The third kappa shape index (κ3) is 3.64. The third-order valence-corrected chi connectivity index (χ3v) is 2.30. The maximum Gasteiger partial charge on any atom is 0.307 e. The van der Waals surface area contributed by atoms with Gasteiger partial charge in [-0.2, -0.15) is 0 Å². The molecule has 0 amide bonds. The van der Waals surface area contributed by atoms with Crippen molar-refractivity contribution in [3.05, 3.63) is 34.9 Å². The normalized spacial score (nSPS) is 11.6. The van der Waals surface area contributed by atoms with Gasteiger partial charge < -0.3 is 10.5 Å². The van der Waals surface area contributed by atoms with Gasteiger partial charge in [-0.05, 0) is 18.6 Å². The maximum absolute atomic E-state index is 13.6. The number of rotatable bonds is 3. The molecule has 3 nitrogen and oxygen atoms in total. The first-order chi connectivity index (χ1) is 7.47. The van der Waals surface area contributed by atoms with Gasteiger partial charge in [0.2, 0.25) is 0 Å².